The molecule has 2 aromatic rings. The molecule has 0 aliphatic carbocycles. The Morgan fingerprint density at radius 3 is 2.68 bits per heavy atom. The van der Waals surface area contributed by atoms with Crippen molar-refractivity contribution in [2.45, 2.75) is 32.2 Å². The number of nitrogens with zero attached hydrogens (tertiary/aromatic N) is 3. The molecule has 0 saturated carbocycles. The monoisotopic (exact) mass is 339 g/mol. The lowest BCUT2D eigenvalue weighted by atomic mass is 9.93. The zero-order valence-electron chi connectivity index (χ0n) is 14.1. The van der Waals surface area contributed by atoms with Crippen LogP contribution in [-0.2, 0) is 16.0 Å². The summed E-state index contributed by atoms with van der Waals surface area (Å²) in [5.74, 6) is -1.32. The van der Waals surface area contributed by atoms with Crippen LogP contribution < -0.4 is 0 Å². The summed E-state index contributed by atoms with van der Waals surface area (Å²) in [7, 11) is 0. The predicted octanol–water partition coefficient (Wildman–Crippen LogP) is 2.40. The zero-order valence-corrected chi connectivity index (χ0v) is 14.1. The van der Waals surface area contributed by atoms with Gasteiger partial charge in [0.2, 0.25) is 5.91 Å². The third-order valence-corrected chi connectivity index (χ3v) is 4.73. The molecular weight excluding hydrogens is 318 g/mol. The first-order valence-corrected chi connectivity index (χ1v) is 8.41. The number of rotatable bonds is 4. The van der Waals surface area contributed by atoms with Gasteiger partial charge in [0.1, 0.15) is 6.33 Å². The van der Waals surface area contributed by atoms with E-state index < -0.39 is 11.9 Å². The van der Waals surface area contributed by atoms with E-state index in [0.29, 0.717) is 13.0 Å². The first-order chi connectivity index (χ1) is 12.0. The second kappa shape index (κ2) is 7.42. The molecule has 2 atom stereocenters. The highest BCUT2D eigenvalue weighted by atomic mass is 16.4. The van der Waals surface area contributed by atoms with Crippen molar-refractivity contribution in [3.63, 3.8) is 0 Å². The van der Waals surface area contributed by atoms with Crippen molar-refractivity contribution in [2.75, 3.05) is 6.54 Å². The Kier molecular flexibility index (Phi) is 5.07. The second-order valence-corrected chi connectivity index (χ2v) is 6.51. The Morgan fingerprint density at radius 1 is 1.20 bits per heavy atom. The summed E-state index contributed by atoms with van der Waals surface area (Å²) in [6.45, 7) is 2.27. The van der Waals surface area contributed by atoms with E-state index >= 15 is 0 Å². The van der Waals surface area contributed by atoms with Crippen molar-refractivity contribution >= 4 is 11.9 Å². The van der Waals surface area contributed by atoms with Crippen LogP contribution in [0.3, 0.4) is 0 Å². The van der Waals surface area contributed by atoms with Crippen LogP contribution in [0.1, 0.15) is 25.3 Å². The van der Waals surface area contributed by atoms with E-state index in [0.717, 1.165) is 23.1 Å². The van der Waals surface area contributed by atoms with E-state index in [4.69, 9.17) is 0 Å². The summed E-state index contributed by atoms with van der Waals surface area (Å²) in [5.41, 5.74) is 2.76. The van der Waals surface area contributed by atoms with Crippen LogP contribution in [-0.4, -0.2) is 44.4 Å². The number of hydrogen-bond donors (Lipinski definition) is 1. The number of carboxylic acid groups (broad SMARTS) is 1. The molecule has 1 amide bonds. The van der Waals surface area contributed by atoms with Crippen LogP contribution in [0.25, 0.3) is 11.1 Å². The number of benzene rings is 1. The summed E-state index contributed by atoms with van der Waals surface area (Å²) < 4.78 is 0. The normalized spacial score (nSPS) is 20.3. The van der Waals surface area contributed by atoms with E-state index in [1.807, 2.05) is 31.2 Å². The molecule has 0 spiro atoms. The molecular formula is C19H21N3O3. The topological polar surface area (TPSA) is 83.4 Å². The van der Waals surface area contributed by atoms with Crippen molar-refractivity contribution in [1.29, 1.82) is 0 Å². The van der Waals surface area contributed by atoms with Crippen LogP contribution in [0.15, 0.2) is 43.0 Å². The van der Waals surface area contributed by atoms with Gasteiger partial charge >= 0.3 is 5.97 Å². The molecule has 0 radical (unpaired) electrons. The van der Waals surface area contributed by atoms with Gasteiger partial charge in [-0.1, -0.05) is 24.3 Å². The minimum Gasteiger partial charge on any atom is -0.481 e. The number of aliphatic carboxylic acids is 1. The molecule has 6 heteroatoms. The molecule has 0 bridgehead atoms. The van der Waals surface area contributed by atoms with E-state index in [2.05, 4.69) is 9.97 Å². The molecule has 1 aliphatic rings. The quantitative estimate of drug-likeness (QED) is 0.925. The van der Waals surface area contributed by atoms with Gasteiger partial charge in [0.25, 0.3) is 0 Å². The maximum Gasteiger partial charge on any atom is 0.308 e. The van der Waals surface area contributed by atoms with Crippen molar-refractivity contribution in [2.24, 2.45) is 5.92 Å². The van der Waals surface area contributed by atoms with Gasteiger partial charge in [-0.15, -0.1) is 0 Å². The number of carboxylic acids is 1. The number of carbonyl (C=O) groups is 2. The van der Waals surface area contributed by atoms with Crippen LogP contribution in [0.4, 0.5) is 0 Å². The first-order valence-electron chi connectivity index (χ1n) is 8.41. The molecule has 25 heavy (non-hydrogen) atoms. The Bertz CT molecular complexity index is 764. The zero-order chi connectivity index (χ0) is 17.8. The molecule has 2 heterocycles. The lowest BCUT2D eigenvalue weighted by molar-refractivity contribution is -0.146. The molecule has 1 fully saturated rings. The standard InChI is InChI=1S/C19H21N3O3/c1-13-5-6-16(19(24)25)11-22(13)18(23)8-14-3-2-4-15(7-14)17-9-20-12-21-10-17/h2-4,7,9-10,12-13,16H,5-6,8,11H2,1H3,(H,24,25)/t13-,16+/m0/s1. The molecule has 1 saturated heterocycles. The number of piperidine rings is 1. The summed E-state index contributed by atoms with van der Waals surface area (Å²) in [4.78, 5) is 33.7. The molecule has 0 unspecified atom stereocenters. The van der Waals surface area contributed by atoms with Crippen molar-refractivity contribution in [1.82, 2.24) is 14.9 Å². The molecule has 1 N–H and O–H groups in total. The molecule has 1 aromatic carbocycles. The lowest BCUT2D eigenvalue weighted by Crippen LogP contribution is -2.47. The number of hydrogen-bond acceptors (Lipinski definition) is 4. The number of aromatic nitrogens is 2. The molecule has 1 aromatic heterocycles. The Hall–Kier alpha value is -2.76. The van der Waals surface area contributed by atoms with Gasteiger partial charge in [-0.2, -0.15) is 0 Å². The van der Waals surface area contributed by atoms with Gasteiger partial charge in [-0.3, -0.25) is 9.59 Å². The summed E-state index contributed by atoms with van der Waals surface area (Å²) in [5, 5.41) is 9.23. The van der Waals surface area contributed by atoms with Crippen LogP contribution >= 0.6 is 0 Å². The van der Waals surface area contributed by atoms with Crippen molar-refractivity contribution < 1.29 is 14.7 Å². The van der Waals surface area contributed by atoms with Gasteiger partial charge < -0.3 is 10.0 Å². The third kappa shape index (κ3) is 4.02. The van der Waals surface area contributed by atoms with Gasteiger partial charge in [-0.05, 0) is 30.9 Å². The average molecular weight is 339 g/mol. The summed E-state index contributed by atoms with van der Waals surface area (Å²) in [6.07, 6.45) is 6.57. The number of amides is 1. The van der Waals surface area contributed by atoms with E-state index in [1.54, 1.807) is 17.3 Å². The SMILES string of the molecule is C[C@H]1CC[C@@H](C(=O)O)CN1C(=O)Cc1cccc(-c2cncnc2)c1. The van der Waals surface area contributed by atoms with E-state index in [9.17, 15) is 14.7 Å². The average Bonchev–Trinajstić information content (AvgIpc) is 2.62. The number of likely N-dealkylation sites (tertiary alicyclic amines) is 1. The Labute approximate surface area is 146 Å². The smallest absolute Gasteiger partial charge is 0.308 e. The van der Waals surface area contributed by atoms with E-state index in [-0.39, 0.29) is 18.4 Å². The predicted molar refractivity (Wildman–Crippen MR) is 92.7 cm³/mol. The molecule has 1 aliphatic heterocycles. The van der Waals surface area contributed by atoms with Gasteiger partial charge in [0.15, 0.2) is 0 Å². The van der Waals surface area contributed by atoms with Crippen molar-refractivity contribution in [3.8, 4) is 11.1 Å². The van der Waals surface area contributed by atoms with E-state index in [1.165, 1.54) is 6.33 Å². The highest BCUT2D eigenvalue weighted by Gasteiger charge is 2.32. The fourth-order valence-corrected chi connectivity index (χ4v) is 3.24. The summed E-state index contributed by atoms with van der Waals surface area (Å²) in [6, 6.07) is 7.81. The highest BCUT2D eigenvalue weighted by molar-refractivity contribution is 5.81. The van der Waals surface area contributed by atoms with Crippen molar-refractivity contribution in [3.05, 3.63) is 48.5 Å². The molecule has 6 nitrogen and oxygen atoms in total. The fourth-order valence-electron chi connectivity index (χ4n) is 3.24. The van der Waals surface area contributed by atoms with Gasteiger partial charge in [0.05, 0.1) is 12.3 Å². The van der Waals surface area contributed by atoms with Gasteiger partial charge in [-0.25, -0.2) is 9.97 Å². The molecule has 3 rings (SSSR count). The largest absolute Gasteiger partial charge is 0.481 e. The first kappa shape index (κ1) is 17.1. The molecule has 130 valence electrons. The lowest BCUT2D eigenvalue weighted by Gasteiger charge is -2.36. The minimum atomic E-state index is -0.823. The minimum absolute atomic E-state index is 0.0279. The van der Waals surface area contributed by atoms with Crippen LogP contribution in [0, 0.1) is 5.92 Å². The third-order valence-electron chi connectivity index (χ3n) is 4.73. The Balaban J connectivity index is 1.73. The fraction of sp³-hybridized carbons (Fsp3) is 0.368. The maximum atomic E-state index is 12.7. The summed E-state index contributed by atoms with van der Waals surface area (Å²) >= 11 is 0. The number of carbonyl (C=O) groups excluding carboxylic acids is 1. The van der Waals surface area contributed by atoms with Crippen LogP contribution in [0.2, 0.25) is 0 Å². The van der Waals surface area contributed by atoms with Gasteiger partial charge in [0, 0.05) is 30.5 Å². The second-order valence-electron chi connectivity index (χ2n) is 6.51. The maximum absolute atomic E-state index is 12.7. The highest BCUT2D eigenvalue weighted by Crippen LogP contribution is 2.24. The Morgan fingerprint density at radius 2 is 1.96 bits per heavy atom. The van der Waals surface area contributed by atoms with Crippen LogP contribution in [0.5, 0.6) is 0 Å².